The van der Waals surface area contributed by atoms with Gasteiger partial charge in [0.2, 0.25) is 17.7 Å². The molecule has 3 amide bonds. The van der Waals surface area contributed by atoms with Gasteiger partial charge in [-0.1, -0.05) is 24.3 Å². The Morgan fingerprint density at radius 1 is 1.14 bits per heavy atom. The molecule has 2 aliphatic rings. The molecule has 0 unspecified atom stereocenters. The van der Waals surface area contributed by atoms with E-state index in [1.807, 2.05) is 29.2 Å². The van der Waals surface area contributed by atoms with Crippen LogP contribution in [-0.4, -0.2) is 66.4 Å². The number of piperidine rings is 1. The van der Waals surface area contributed by atoms with E-state index in [1.165, 1.54) is 12.0 Å². The van der Waals surface area contributed by atoms with E-state index in [0.717, 1.165) is 24.8 Å². The average Bonchev–Trinajstić information content (AvgIpc) is 3.14. The summed E-state index contributed by atoms with van der Waals surface area (Å²) in [6.07, 6.45) is 6.68. The number of benzene rings is 1. The summed E-state index contributed by atoms with van der Waals surface area (Å²) in [6, 6.07) is 11.0. The molecular weight excluding hydrogens is 446 g/mol. The second kappa shape index (κ2) is 11.0. The molecule has 4 rings (SSSR count). The Labute approximate surface area is 206 Å². The SMILES string of the molecule is COCCCN1C(=O)C[C@@](CC(=O)N2CCCC[C@@H]2c2cccnc2)(c2ccccc2OC)C1=O. The molecule has 8 nitrogen and oxygen atoms in total. The second-order valence-corrected chi connectivity index (χ2v) is 9.22. The Hall–Kier alpha value is -3.26. The average molecular weight is 480 g/mol. The zero-order chi connectivity index (χ0) is 24.8. The number of amides is 3. The summed E-state index contributed by atoms with van der Waals surface area (Å²) in [5, 5.41) is 0. The van der Waals surface area contributed by atoms with Crippen LogP contribution in [0.25, 0.3) is 0 Å². The monoisotopic (exact) mass is 479 g/mol. The van der Waals surface area contributed by atoms with Crippen molar-refractivity contribution in [2.45, 2.75) is 50.0 Å². The number of hydrogen-bond donors (Lipinski definition) is 0. The minimum absolute atomic E-state index is 0.0592. The van der Waals surface area contributed by atoms with Gasteiger partial charge in [-0.2, -0.15) is 0 Å². The van der Waals surface area contributed by atoms with Gasteiger partial charge >= 0.3 is 0 Å². The zero-order valence-corrected chi connectivity index (χ0v) is 20.4. The molecule has 0 radical (unpaired) electrons. The van der Waals surface area contributed by atoms with Crippen molar-refractivity contribution in [1.82, 2.24) is 14.8 Å². The van der Waals surface area contributed by atoms with Crippen molar-refractivity contribution in [3.63, 3.8) is 0 Å². The number of methoxy groups -OCH3 is 2. The van der Waals surface area contributed by atoms with Crippen LogP contribution < -0.4 is 4.74 Å². The third-order valence-electron chi connectivity index (χ3n) is 7.11. The summed E-state index contributed by atoms with van der Waals surface area (Å²) in [5.41, 5.74) is 0.269. The van der Waals surface area contributed by atoms with Crippen molar-refractivity contribution in [2.75, 3.05) is 33.9 Å². The topological polar surface area (TPSA) is 89.0 Å². The van der Waals surface area contributed by atoms with E-state index >= 15 is 0 Å². The van der Waals surface area contributed by atoms with Crippen LogP contribution in [0.2, 0.25) is 0 Å². The summed E-state index contributed by atoms with van der Waals surface area (Å²) in [7, 11) is 3.12. The third kappa shape index (κ3) is 4.93. The fourth-order valence-corrected chi connectivity index (χ4v) is 5.39. The van der Waals surface area contributed by atoms with Crippen LogP contribution in [0.5, 0.6) is 5.75 Å². The van der Waals surface area contributed by atoms with Crippen molar-refractivity contribution < 1.29 is 23.9 Å². The van der Waals surface area contributed by atoms with E-state index in [9.17, 15) is 14.4 Å². The predicted octanol–water partition coefficient (Wildman–Crippen LogP) is 3.27. The molecule has 1 aromatic heterocycles. The van der Waals surface area contributed by atoms with E-state index in [4.69, 9.17) is 9.47 Å². The van der Waals surface area contributed by atoms with E-state index < -0.39 is 5.41 Å². The highest BCUT2D eigenvalue weighted by Crippen LogP contribution is 2.45. The summed E-state index contributed by atoms with van der Waals surface area (Å²) in [4.78, 5) is 48.3. The smallest absolute Gasteiger partial charge is 0.241 e. The first-order chi connectivity index (χ1) is 17.0. The van der Waals surface area contributed by atoms with Crippen LogP contribution in [0.15, 0.2) is 48.8 Å². The Balaban J connectivity index is 1.69. The van der Waals surface area contributed by atoms with Gasteiger partial charge < -0.3 is 14.4 Å². The minimum atomic E-state index is -1.30. The maximum atomic E-state index is 13.9. The Morgan fingerprint density at radius 3 is 2.71 bits per heavy atom. The summed E-state index contributed by atoms with van der Waals surface area (Å²) >= 11 is 0. The highest BCUT2D eigenvalue weighted by atomic mass is 16.5. The van der Waals surface area contributed by atoms with Crippen molar-refractivity contribution in [2.24, 2.45) is 0 Å². The molecule has 2 aromatic rings. The minimum Gasteiger partial charge on any atom is -0.496 e. The number of hydrogen-bond acceptors (Lipinski definition) is 6. The predicted molar refractivity (Wildman–Crippen MR) is 130 cm³/mol. The van der Waals surface area contributed by atoms with Crippen molar-refractivity contribution in [3.05, 3.63) is 59.9 Å². The maximum absolute atomic E-state index is 13.9. The van der Waals surface area contributed by atoms with Crippen LogP contribution in [0.4, 0.5) is 0 Å². The third-order valence-corrected chi connectivity index (χ3v) is 7.11. The number of rotatable bonds is 9. The number of ether oxygens (including phenoxy) is 2. The Kier molecular flexibility index (Phi) is 7.80. The normalized spacial score (nSPS) is 22.5. The highest BCUT2D eigenvalue weighted by Gasteiger charge is 2.55. The standard InChI is InChI=1S/C27H33N3O5/c1-34-16-8-15-30-25(32)18-27(26(30)33,21-10-3-4-12-23(21)35-2)17-24(31)29-14-6-5-11-22(29)20-9-7-13-28-19-20/h3-4,7,9-10,12-13,19,22H,5-6,8,11,14-18H2,1-2H3/t22-,27+/m1/s1. The summed E-state index contributed by atoms with van der Waals surface area (Å²) < 4.78 is 10.7. The first-order valence-corrected chi connectivity index (χ1v) is 12.2. The second-order valence-electron chi connectivity index (χ2n) is 9.22. The van der Waals surface area contributed by atoms with Gasteiger partial charge in [0, 0.05) is 57.6 Å². The Morgan fingerprint density at radius 2 is 1.97 bits per heavy atom. The van der Waals surface area contributed by atoms with Crippen LogP contribution in [0.1, 0.15) is 55.7 Å². The van der Waals surface area contributed by atoms with Crippen molar-refractivity contribution in [3.8, 4) is 5.75 Å². The van der Waals surface area contributed by atoms with Crippen LogP contribution in [-0.2, 0) is 24.5 Å². The number of carbonyl (C=O) groups is 3. The summed E-state index contributed by atoms with van der Waals surface area (Å²) in [5.74, 6) is -0.245. The first kappa shape index (κ1) is 24.9. The van der Waals surface area contributed by atoms with Gasteiger partial charge in [0.15, 0.2) is 0 Å². The lowest BCUT2D eigenvalue weighted by atomic mass is 9.74. The lowest BCUT2D eigenvalue weighted by Crippen LogP contribution is -2.46. The quantitative estimate of drug-likeness (QED) is 0.405. The maximum Gasteiger partial charge on any atom is 0.241 e. The molecule has 2 saturated heterocycles. The van der Waals surface area contributed by atoms with Gasteiger partial charge in [0.25, 0.3) is 0 Å². The molecule has 0 bridgehead atoms. The molecule has 0 saturated carbocycles. The molecule has 3 heterocycles. The van der Waals surface area contributed by atoms with E-state index in [1.54, 1.807) is 31.6 Å². The molecular formula is C27H33N3O5. The van der Waals surface area contributed by atoms with Gasteiger partial charge in [-0.3, -0.25) is 24.3 Å². The van der Waals surface area contributed by atoms with Crippen LogP contribution in [0.3, 0.4) is 0 Å². The van der Waals surface area contributed by atoms with Crippen molar-refractivity contribution in [1.29, 1.82) is 0 Å². The fraction of sp³-hybridized carbons (Fsp3) is 0.481. The van der Waals surface area contributed by atoms with E-state index in [2.05, 4.69) is 4.98 Å². The summed E-state index contributed by atoms with van der Waals surface area (Å²) in [6.45, 7) is 1.32. The molecule has 0 aliphatic carbocycles. The molecule has 0 spiro atoms. The number of carbonyl (C=O) groups excluding carboxylic acids is 3. The number of nitrogens with zero attached hydrogens (tertiary/aromatic N) is 3. The number of pyridine rings is 1. The highest BCUT2D eigenvalue weighted by molar-refractivity contribution is 6.11. The van der Waals surface area contributed by atoms with Crippen LogP contribution >= 0.6 is 0 Å². The van der Waals surface area contributed by atoms with Gasteiger partial charge in [-0.05, 0) is 43.4 Å². The van der Waals surface area contributed by atoms with Crippen molar-refractivity contribution >= 4 is 17.7 Å². The molecule has 1 aromatic carbocycles. The fourth-order valence-electron chi connectivity index (χ4n) is 5.39. The van der Waals surface area contributed by atoms with E-state index in [-0.39, 0.29) is 43.1 Å². The van der Waals surface area contributed by atoms with Crippen LogP contribution in [0, 0.1) is 0 Å². The lowest BCUT2D eigenvalue weighted by Gasteiger charge is -2.38. The molecule has 2 atom stereocenters. The van der Waals surface area contributed by atoms with Gasteiger partial charge in [0.05, 0.1) is 18.6 Å². The molecule has 35 heavy (non-hydrogen) atoms. The van der Waals surface area contributed by atoms with E-state index in [0.29, 0.717) is 30.9 Å². The molecule has 2 aliphatic heterocycles. The lowest BCUT2D eigenvalue weighted by molar-refractivity contribution is -0.144. The molecule has 8 heteroatoms. The Bertz CT molecular complexity index is 1060. The number of para-hydroxylation sites is 1. The van der Waals surface area contributed by atoms with Gasteiger partial charge in [-0.15, -0.1) is 0 Å². The molecule has 2 fully saturated rings. The largest absolute Gasteiger partial charge is 0.496 e. The first-order valence-electron chi connectivity index (χ1n) is 12.2. The number of likely N-dealkylation sites (tertiary alicyclic amines) is 2. The number of imide groups is 1. The zero-order valence-electron chi connectivity index (χ0n) is 20.4. The van der Waals surface area contributed by atoms with Gasteiger partial charge in [0.1, 0.15) is 5.75 Å². The molecule has 186 valence electrons. The number of aromatic nitrogens is 1. The van der Waals surface area contributed by atoms with Gasteiger partial charge in [-0.25, -0.2) is 0 Å². The molecule has 0 N–H and O–H groups in total.